The number of carbonyl (C=O) groups is 1. The van der Waals surface area contributed by atoms with Gasteiger partial charge in [0.1, 0.15) is 11.6 Å². The third kappa shape index (κ3) is 4.88. The largest absolute Gasteiger partial charge is 0.495 e. The number of hydrogen-bond acceptors (Lipinski definition) is 4. The summed E-state index contributed by atoms with van der Waals surface area (Å²) in [5.41, 5.74) is 1.39. The molecular formula is C20H24ClN3O2. The van der Waals surface area contributed by atoms with Crippen LogP contribution in [-0.4, -0.2) is 24.0 Å². The number of halogens is 1. The number of carbonyl (C=O) groups excluding carboxylic acids is 1. The Morgan fingerprint density at radius 1 is 1.15 bits per heavy atom. The molecule has 0 aliphatic heterocycles. The molecule has 1 heterocycles. The Labute approximate surface area is 159 Å². The van der Waals surface area contributed by atoms with E-state index in [9.17, 15) is 4.79 Å². The van der Waals surface area contributed by atoms with Gasteiger partial charge in [0.25, 0.3) is 5.91 Å². The zero-order chi connectivity index (χ0) is 18.4. The van der Waals surface area contributed by atoms with Crippen molar-refractivity contribution >= 4 is 29.0 Å². The van der Waals surface area contributed by atoms with E-state index in [1.807, 2.05) is 6.07 Å². The topological polar surface area (TPSA) is 63.2 Å². The molecular weight excluding hydrogens is 350 g/mol. The molecule has 1 aromatic carbocycles. The Morgan fingerprint density at radius 3 is 2.62 bits per heavy atom. The molecule has 1 saturated carbocycles. The molecule has 0 radical (unpaired) electrons. The first-order valence-electron chi connectivity index (χ1n) is 9.03. The molecule has 26 heavy (non-hydrogen) atoms. The fourth-order valence-electron chi connectivity index (χ4n) is 3.22. The SMILES string of the molecule is COc1ccc(Nc2cc(C(=O)NC3CCCCCC3)ccn2)cc1Cl. The number of methoxy groups -OCH3 is 1. The lowest BCUT2D eigenvalue weighted by atomic mass is 10.1. The van der Waals surface area contributed by atoms with Crippen molar-refractivity contribution in [2.75, 3.05) is 12.4 Å². The van der Waals surface area contributed by atoms with Crippen molar-refractivity contribution in [3.05, 3.63) is 47.1 Å². The molecule has 1 aliphatic rings. The van der Waals surface area contributed by atoms with Crippen molar-refractivity contribution in [2.24, 2.45) is 0 Å². The molecule has 5 nitrogen and oxygen atoms in total. The summed E-state index contributed by atoms with van der Waals surface area (Å²) in [4.78, 5) is 16.8. The number of nitrogens with one attached hydrogen (secondary N) is 2. The van der Waals surface area contributed by atoms with Crippen LogP contribution in [0.25, 0.3) is 0 Å². The van der Waals surface area contributed by atoms with Gasteiger partial charge in [0.2, 0.25) is 0 Å². The second kappa shape index (κ2) is 8.90. The van der Waals surface area contributed by atoms with E-state index in [-0.39, 0.29) is 11.9 Å². The minimum Gasteiger partial charge on any atom is -0.495 e. The number of amides is 1. The first-order chi connectivity index (χ1) is 12.7. The third-order valence-electron chi connectivity index (χ3n) is 4.64. The molecule has 138 valence electrons. The Morgan fingerprint density at radius 2 is 1.92 bits per heavy atom. The highest BCUT2D eigenvalue weighted by atomic mass is 35.5. The lowest BCUT2D eigenvalue weighted by molar-refractivity contribution is 0.0933. The fraction of sp³-hybridized carbons (Fsp3) is 0.400. The number of aromatic nitrogens is 1. The number of anilines is 2. The number of rotatable bonds is 5. The van der Waals surface area contributed by atoms with Crippen molar-refractivity contribution in [1.29, 1.82) is 0 Å². The van der Waals surface area contributed by atoms with Crippen molar-refractivity contribution in [3.8, 4) is 5.75 Å². The van der Waals surface area contributed by atoms with E-state index in [1.54, 1.807) is 37.6 Å². The van der Waals surface area contributed by atoms with Crippen LogP contribution in [0.4, 0.5) is 11.5 Å². The van der Waals surface area contributed by atoms with Crippen molar-refractivity contribution < 1.29 is 9.53 Å². The minimum absolute atomic E-state index is 0.0462. The molecule has 2 aromatic rings. The Bertz CT molecular complexity index is 758. The average molecular weight is 374 g/mol. The van der Waals surface area contributed by atoms with Gasteiger partial charge in [-0.25, -0.2) is 4.98 Å². The highest BCUT2D eigenvalue weighted by Crippen LogP contribution is 2.28. The summed E-state index contributed by atoms with van der Waals surface area (Å²) >= 11 is 6.15. The van der Waals surface area contributed by atoms with Crippen molar-refractivity contribution in [3.63, 3.8) is 0 Å². The zero-order valence-electron chi connectivity index (χ0n) is 14.9. The summed E-state index contributed by atoms with van der Waals surface area (Å²) < 4.78 is 5.15. The molecule has 6 heteroatoms. The monoisotopic (exact) mass is 373 g/mol. The van der Waals surface area contributed by atoms with E-state index in [1.165, 1.54) is 25.7 Å². The van der Waals surface area contributed by atoms with Crippen LogP contribution in [0.5, 0.6) is 5.75 Å². The number of nitrogens with zero attached hydrogens (tertiary/aromatic N) is 1. The molecule has 3 rings (SSSR count). The van der Waals surface area contributed by atoms with Crippen LogP contribution in [-0.2, 0) is 0 Å². The molecule has 2 N–H and O–H groups in total. The predicted molar refractivity (Wildman–Crippen MR) is 104 cm³/mol. The molecule has 1 amide bonds. The molecule has 0 atom stereocenters. The van der Waals surface area contributed by atoms with Gasteiger partial charge in [-0.15, -0.1) is 0 Å². The summed E-state index contributed by atoms with van der Waals surface area (Å²) in [5.74, 6) is 1.16. The van der Waals surface area contributed by atoms with Gasteiger partial charge in [0.15, 0.2) is 0 Å². The summed E-state index contributed by atoms with van der Waals surface area (Å²) in [6.07, 6.45) is 8.66. The molecule has 0 spiro atoms. The van der Waals surface area contributed by atoms with E-state index in [2.05, 4.69) is 15.6 Å². The smallest absolute Gasteiger partial charge is 0.251 e. The van der Waals surface area contributed by atoms with E-state index < -0.39 is 0 Å². The first-order valence-corrected chi connectivity index (χ1v) is 9.41. The van der Waals surface area contributed by atoms with E-state index in [0.717, 1.165) is 18.5 Å². The predicted octanol–water partition coefficient (Wildman–Crippen LogP) is 4.94. The van der Waals surface area contributed by atoms with E-state index in [0.29, 0.717) is 22.2 Å². The second-order valence-corrected chi connectivity index (χ2v) is 6.97. The highest BCUT2D eigenvalue weighted by molar-refractivity contribution is 6.32. The average Bonchev–Trinajstić information content (AvgIpc) is 2.91. The maximum atomic E-state index is 12.6. The summed E-state index contributed by atoms with van der Waals surface area (Å²) in [5, 5.41) is 6.85. The fourth-order valence-corrected chi connectivity index (χ4v) is 3.48. The van der Waals surface area contributed by atoms with Gasteiger partial charge < -0.3 is 15.4 Å². The van der Waals surface area contributed by atoms with Gasteiger partial charge >= 0.3 is 0 Å². The van der Waals surface area contributed by atoms with Crippen molar-refractivity contribution in [1.82, 2.24) is 10.3 Å². The third-order valence-corrected chi connectivity index (χ3v) is 4.93. The van der Waals surface area contributed by atoms with E-state index in [4.69, 9.17) is 16.3 Å². The summed E-state index contributed by atoms with van der Waals surface area (Å²) in [6, 6.07) is 9.16. The summed E-state index contributed by atoms with van der Waals surface area (Å²) in [7, 11) is 1.58. The quantitative estimate of drug-likeness (QED) is 0.728. The van der Waals surface area contributed by atoms with Gasteiger partial charge in [0, 0.05) is 23.5 Å². The van der Waals surface area contributed by atoms with Crippen LogP contribution in [0.1, 0.15) is 48.9 Å². The normalized spacial score (nSPS) is 15.2. The minimum atomic E-state index is -0.0462. The molecule has 0 saturated heterocycles. The lowest BCUT2D eigenvalue weighted by Gasteiger charge is -2.16. The molecule has 1 aliphatic carbocycles. The van der Waals surface area contributed by atoms with Crippen LogP contribution >= 0.6 is 11.6 Å². The maximum Gasteiger partial charge on any atom is 0.251 e. The molecule has 0 bridgehead atoms. The number of hydrogen-bond donors (Lipinski definition) is 2. The van der Waals surface area contributed by atoms with Crippen LogP contribution in [0.3, 0.4) is 0 Å². The van der Waals surface area contributed by atoms with Crippen LogP contribution in [0.15, 0.2) is 36.5 Å². The highest BCUT2D eigenvalue weighted by Gasteiger charge is 2.16. The first kappa shape index (κ1) is 18.5. The van der Waals surface area contributed by atoms with Gasteiger partial charge in [0.05, 0.1) is 12.1 Å². The maximum absolute atomic E-state index is 12.6. The Hall–Kier alpha value is -2.27. The van der Waals surface area contributed by atoms with Crippen LogP contribution in [0.2, 0.25) is 5.02 Å². The molecule has 0 unspecified atom stereocenters. The van der Waals surface area contributed by atoms with Crippen molar-refractivity contribution in [2.45, 2.75) is 44.6 Å². The second-order valence-electron chi connectivity index (χ2n) is 6.57. The number of pyridine rings is 1. The van der Waals surface area contributed by atoms with Crippen LogP contribution in [0, 0.1) is 0 Å². The Kier molecular flexibility index (Phi) is 6.34. The van der Waals surface area contributed by atoms with E-state index >= 15 is 0 Å². The number of ether oxygens (including phenoxy) is 1. The van der Waals surface area contributed by atoms with Gasteiger partial charge in [-0.1, -0.05) is 37.3 Å². The van der Waals surface area contributed by atoms with Gasteiger partial charge in [-0.3, -0.25) is 4.79 Å². The molecule has 1 fully saturated rings. The van der Waals surface area contributed by atoms with Gasteiger partial charge in [-0.05, 0) is 43.2 Å². The zero-order valence-corrected chi connectivity index (χ0v) is 15.7. The number of benzene rings is 1. The standard InChI is InChI=1S/C20H24ClN3O2/c1-26-18-9-8-16(13-17(18)21)23-19-12-14(10-11-22-19)20(25)24-15-6-4-2-3-5-7-15/h8-13,15H,2-7H2,1H3,(H,22,23)(H,24,25). The Balaban J connectivity index is 1.67. The molecule has 1 aromatic heterocycles. The summed E-state index contributed by atoms with van der Waals surface area (Å²) in [6.45, 7) is 0. The van der Waals surface area contributed by atoms with Gasteiger partial charge in [-0.2, -0.15) is 0 Å². The lowest BCUT2D eigenvalue weighted by Crippen LogP contribution is -2.34. The van der Waals surface area contributed by atoms with Crippen LogP contribution < -0.4 is 15.4 Å².